The fourth-order valence-electron chi connectivity index (χ4n) is 1.83. The van der Waals surface area contributed by atoms with Gasteiger partial charge in [0.1, 0.15) is 0 Å². The summed E-state index contributed by atoms with van der Waals surface area (Å²) in [6, 6.07) is 0. The van der Waals surface area contributed by atoms with E-state index >= 15 is 0 Å². The number of halogens is 1. The number of H-pyrrole nitrogens is 1. The molecule has 1 aliphatic rings. The van der Waals surface area contributed by atoms with Crippen LogP contribution in [0.3, 0.4) is 0 Å². The fourth-order valence-corrected chi connectivity index (χ4v) is 2.59. The Labute approximate surface area is 105 Å². The molecule has 6 nitrogen and oxygen atoms in total. The zero-order valence-corrected chi connectivity index (χ0v) is 10.9. The van der Waals surface area contributed by atoms with Crippen molar-refractivity contribution in [1.29, 1.82) is 0 Å². The van der Waals surface area contributed by atoms with E-state index in [9.17, 15) is 9.59 Å². The molecule has 2 heterocycles. The normalized spacial score (nSPS) is 28.5. The molecule has 1 aromatic rings. The number of nitrogens with one attached hydrogen (secondary N) is 1. The van der Waals surface area contributed by atoms with Crippen molar-refractivity contribution in [2.75, 3.05) is 6.61 Å². The number of hydrogen-bond donors (Lipinski definition) is 2. The molecule has 17 heavy (non-hydrogen) atoms. The molecule has 0 bridgehead atoms. The van der Waals surface area contributed by atoms with Crippen LogP contribution in [0.5, 0.6) is 0 Å². The van der Waals surface area contributed by atoms with E-state index in [1.54, 1.807) is 6.92 Å². The molecule has 7 heteroatoms. The quantitative estimate of drug-likeness (QED) is 0.755. The second kappa shape index (κ2) is 4.40. The molecule has 1 aromatic heterocycles. The number of hydrogen-bond acceptors (Lipinski definition) is 4. The molecule has 0 saturated carbocycles. The minimum atomic E-state index is -0.980. The highest BCUT2D eigenvalue weighted by Crippen LogP contribution is 2.39. The summed E-state index contributed by atoms with van der Waals surface area (Å²) in [5.41, 5.74) is -0.505. The lowest BCUT2D eigenvalue weighted by Crippen LogP contribution is -2.41. The number of nitrogens with zero attached hydrogens (tertiary/aromatic N) is 1. The van der Waals surface area contributed by atoms with Crippen molar-refractivity contribution in [3.63, 3.8) is 0 Å². The Hall–Kier alpha value is -0.920. The standard InChI is InChI=1S/C10H13BrN2O4/c1-6-4-13(9(16)12-8(6)15)10(11)3-2-7(5-14)17-10/h4,7,14H,2-3,5H2,1H3,(H,12,15,16)/t7-,10-/m0/s1. The number of aliphatic hydroxyl groups excluding tert-OH is 1. The van der Waals surface area contributed by atoms with Gasteiger partial charge in [0.05, 0.1) is 12.7 Å². The fraction of sp³-hybridized carbons (Fsp3) is 0.600. The summed E-state index contributed by atoms with van der Waals surface area (Å²) in [6.45, 7) is 1.52. The molecule has 1 fully saturated rings. The van der Waals surface area contributed by atoms with E-state index in [0.717, 1.165) is 0 Å². The van der Waals surface area contributed by atoms with E-state index in [1.807, 2.05) is 0 Å². The average molecular weight is 305 g/mol. The Morgan fingerprint density at radius 2 is 2.41 bits per heavy atom. The maximum atomic E-state index is 11.7. The van der Waals surface area contributed by atoms with Crippen LogP contribution in [0, 0.1) is 6.92 Å². The van der Waals surface area contributed by atoms with Gasteiger partial charge in [0.25, 0.3) is 5.56 Å². The predicted octanol–water partition coefficient (Wildman–Crippen LogP) is 0.0215. The highest BCUT2D eigenvalue weighted by atomic mass is 79.9. The first-order valence-electron chi connectivity index (χ1n) is 5.27. The van der Waals surface area contributed by atoms with Crippen molar-refractivity contribution in [3.8, 4) is 0 Å². The van der Waals surface area contributed by atoms with Gasteiger partial charge in [-0.1, -0.05) is 0 Å². The predicted molar refractivity (Wildman–Crippen MR) is 64.2 cm³/mol. The lowest BCUT2D eigenvalue weighted by molar-refractivity contribution is -0.0445. The topological polar surface area (TPSA) is 84.3 Å². The van der Waals surface area contributed by atoms with Crippen LogP contribution in [0.25, 0.3) is 0 Å². The van der Waals surface area contributed by atoms with Crippen LogP contribution in [-0.2, 0) is 9.37 Å². The second-order valence-corrected chi connectivity index (χ2v) is 5.33. The molecule has 0 aliphatic carbocycles. The van der Waals surface area contributed by atoms with Gasteiger partial charge in [-0.3, -0.25) is 14.3 Å². The van der Waals surface area contributed by atoms with E-state index in [1.165, 1.54) is 10.8 Å². The molecular weight excluding hydrogens is 292 g/mol. The van der Waals surface area contributed by atoms with Crippen LogP contribution < -0.4 is 11.2 Å². The van der Waals surface area contributed by atoms with Crippen molar-refractivity contribution in [2.45, 2.75) is 30.5 Å². The Balaban J connectivity index is 2.44. The lowest BCUT2D eigenvalue weighted by Gasteiger charge is -2.24. The van der Waals surface area contributed by atoms with E-state index in [-0.39, 0.29) is 12.7 Å². The van der Waals surface area contributed by atoms with E-state index in [4.69, 9.17) is 9.84 Å². The maximum Gasteiger partial charge on any atom is 0.331 e. The number of ether oxygens (including phenoxy) is 1. The molecule has 2 N–H and O–H groups in total. The summed E-state index contributed by atoms with van der Waals surface area (Å²) in [5.74, 6) is 0. The summed E-state index contributed by atoms with van der Waals surface area (Å²) in [5, 5.41) is 9.02. The second-order valence-electron chi connectivity index (χ2n) is 4.09. The summed E-state index contributed by atoms with van der Waals surface area (Å²) in [7, 11) is 0. The highest BCUT2D eigenvalue weighted by Gasteiger charge is 2.40. The molecule has 1 saturated heterocycles. The molecule has 0 aromatic carbocycles. The molecule has 0 spiro atoms. The van der Waals surface area contributed by atoms with E-state index in [2.05, 4.69) is 20.9 Å². The monoisotopic (exact) mass is 304 g/mol. The van der Waals surface area contributed by atoms with Crippen molar-refractivity contribution >= 4 is 15.9 Å². The molecular formula is C10H13BrN2O4. The SMILES string of the molecule is Cc1cn([C@@]2(Br)CC[C@@H](CO)O2)c(=O)[nH]c1=O. The van der Waals surface area contributed by atoms with Crippen LogP contribution in [0.4, 0.5) is 0 Å². The van der Waals surface area contributed by atoms with Crippen LogP contribution in [-0.4, -0.2) is 27.4 Å². The molecule has 2 rings (SSSR count). The number of aliphatic hydroxyl groups is 1. The minimum absolute atomic E-state index is 0.0928. The minimum Gasteiger partial charge on any atom is -0.394 e. The Bertz CT molecular complexity index is 538. The summed E-state index contributed by atoms with van der Waals surface area (Å²) in [6.07, 6.45) is 2.35. The van der Waals surface area contributed by atoms with Crippen LogP contribution in [0.2, 0.25) is 0 Å². The van der Waals surface area contributed by atoms with Gasteiger partial charge < -0.3 is 9.84 Å². The van der Waals surface area contributed by atoms with E-state index < -0.39 is 15.9 Å². The Kier molecular flexibility index (Phi) is 3.24. The van der Waals surface area contributed by atoms with Gasteiger partial charge >= 0.3 is 5.69 Å². The first-order chi connectivity index (χ1) is 7.96. The highest BCUT2D eigenvalue weighted by molar-refractivity contribution is 9.09. The van der Waals surface area contributed by atoms with Gasteiger partial charge in [-0.25, -0.2) is 4.79 Å². The largest absolute Gasteiger partial charge is 0.394 e. The third-order valence-corrected chi connectivity index (χ3v) is 3.77. The first kappa shape index (κ1) is 12.5. The number of aryl methyl sites for hydroxylation is 1. The molecule has 0 unspecified atom stereocenters. The van der Waals surface area contributed by atoms with Crippen molar-refractivity contribution in [3.05, 3.63) is 32.6 Å². The lowest BCUT2D eigenvalue weighted by atomic mass is 10.2. The Morgan fingerprint density at radius 1 is 1.71 bits per heavy atom. The molecule has 0 radical (unpaired) electrons. The number of rotatable bonds is 2. The van der Waals surface area contributed by atoms with Crippen LogP contribution in [0.1, 0.15) is 18.4 Å². The third kappa shape index (κ3) is 2.22. The zero-order valence-electron chi connectivity index (χ0n) is 9.27. The van der Waals surface area contributed by atoms with Crippen LogP contribution >= 0.6 is 15.9 Å². The van der Waals surface area contributed by atoms with Gasteiger partial charge in [-0.05, 0) is 29.3 Å². The summed E-state index contributed by atoms with van der Waals surface area (Å²) < 4.78 is 5.89. The van der Waals surface area contributed by atoms with Gasteiger partial charge in [-0.2, -0.15) is 0 Å². The van der Waals surface area contributed by atoms with Crippen molar-refractivity contribution < 1.29 is 9.84 Å². The van der Waals surface area contributed by atoms with E-state index in [0.29, 0.717) is 18.4 Å². The average Bonchev–Trinajstić information content (AvgIpc) is 2.66. The zero-order chi connectivity index (χ0) is 12.6. The van der Waals surface area contributed by atoms with Gasteiger partial charge in [0, 0.05) is 18.2 Å². The number of aromatic amines is 1. The van der Waals surface area contributed by atoms with Crippen LogP contribution in [0.15, 0.2) is 15.8 Å². The number of aromatic nitrogens is 2. The summed E-state index contributed by atoms with van der Waals surface area (Å²) in [4.78, 5) is 25.2. The summed E-state index contributed by atoms with van der Waals surface area (Å²) >= 11 is 3.35. The maximum absolute atomic E-state index is 11.7. The molecule has 0 amide bonds. The third-order valence-electron chi connectivity index (χ3n) is 2.81. The molecule has 94 valence electrons. The molecule has 2 atom stereocenters. The molecule has 1 aliphatic heterocycles. The Morgan fingerprint density at radius 3 is 3.00 bits per heavy atom. The van der Waals surface area contributed by atoms with Gasteiger partial charge in [0.2, 0.25) is 4.63 Å². The van der Waals surface area contributed by atoms with Crippen molar-refractivity contribution in [1.82, 2.24) is 9.55 Å². The van der Waals surface area contributed by atoms with Crippen molar-refractivity contribution in [2.24, 2.45) is 0 Å². The smallest absolute Gasteiger partial charge is 0.331 e. The van der Waals surface area contributed by atoms with Gasteiger partial charge in [-0.15, -0.1) is 0 Å². The first-order valence-corrected chi connectivity index (χ1v) is 6.06. The number of alkyl halides is 1. The van der Waals surface area contributed by atoms with Gasteiger partial charge in [0.15, 0.2) is 0 Å².